The molecule has 0 N–H and O–H groups in total. The maximum atomic E-state index is 12.7. The lowest BCUT2D eigenvalue weighted by Crippen LogP contribution is -2.43. The van der Waals surface area contributed by atoms with E-state index in [0.717, 1.165) is 48.9 Å². The first-order chi connectivity index (χ1) is 13.6. The van der Waals surface area contributed by atoms with Crippen LogP contribution in [0.25, 0.3) is 0 Å². The number of hydrogen-bond donors (Lipinski definition) is 0. The SMILES string of the molecule is O=c1c(=O)n2c(nn1Cc1ccccc1)C[C@]1(CCN(Cc3nccs3)C1)C2. The fourth-order valence-electron chi connectivity index (χ4n) is 4.42. The maximum absolute atomic E-state index is 12.7. The van der Waals surface area contributed by atoms with Gasteiger partial charge in [0.15, 0.2) is 0 Å². The Kier molecular flexibility index (Phi) is 4.25. The second-order valence-electron chi connectivity index (χ2n) is 7.82. The minimum atomic E-state index is -0.540. The van der Waals surface area contributed by atoms with Gasteiger partial charge in [-0.05, 0) is 18.5 Å². The fourth-order valence-corrected chi connectivity index (χ4v) is 5.08. The molecule has 0 saturated carbocycles. The van der Waals surface area contributed by atoms with E-state index in [4.69, 9.17) is 0 Å². The molecule has 0 radical (unpaired) electrons. The highest BCUT2D eigenvalue weighted by Gasteiger charge is 2.44. The summed E-state index contributed by atoms with van der Waals surface area (Å²) in [5, 5.41) is 7.68. The van der Waals surface area contributed by atoms with Gasteiger partial charge in [-0.1, -0.05) is 30.3 Å². The van der Waals surface area contributed by atoms with Crippen molar-refractivity contribution in [3.05, 3.63) is 79.0 Å². The van der Waals surface area contributed by atoms with Gasteiger partial charge < -0.3 is 0 Å². The van der Waals surface area contributed by atoms with Gasteiger partial charge in [0.2, 0.25) is 0 Å². The number of nitrogens with zero attached hydrogens (tertiary/aromatic N) is 5. The first-order valence-electron chi connectivity index (χ1n) is 9.47. The van der Waals surface area contributed by atoms with Crippen molar-refractivity contribution in [1.29, 1.82) is 0 Å². The lowest BCUT2D eigenvalue weighted by molar-refractivity contribution is 0.246. The van der Waals surface area contributed by atoms with E-state index in [9.17, 15) is 9.59 Å². The first-order valence-corrected chi connectivity index (χ1v) is 10.4. The molecular weight excluding hydrogens is 374 g/mol. The van der Waals surface area contributed by atoms with Gasteiger partial charge in [0.1, 0.15) is 10.8 Å². The van der Waals surface area contributed by atoms with E-state index < -0.39 is 11.1 Å². The summed E-state index contributed by atoms with van der Waals surface area (Å²) in [7, 11) is 0. The molecule has 1 atom stereocenters. The van der Waals surface area contributed by atoms with Gasteiger partial charge in [0, 0.05) is 36.5 Å². The number of hydrogen-bond acceptors (Lipinski definition) is 6. The van der Waals surface area contributed by atoms with Crippen molar-refractivity contribution in [3.63, 3.8) is 0 Å². The van der Waals surface area contributed by atoms with Crippen LogP contribution < -0.4 is 11.1 Å². The van der Waals surface area contributed by atoms with Crippen LogP contribution in [-0.2, 0) is 26.1 Å². The maximum Gasteiger partial charge on any atom is 0.332 e. The van der Waals surface area contributed by atoms with Crippen LogP contribution in [0, 0.1) is 5.41 Å². The van der Waals surface area contributed by atoms with Gasteiger partial charge in [0.05, 0.1) is 13.1 Å². The monoisotopic (exact) mass is 395 g/mol. The van der Waals surface area contributed by atoms with Gasteiger partial charge in [0.25, 0.3) is 0 Å². The van der Waals surface area contributed by atoms with E-state index in [0.29, 0.717) is 13.1 Å². The Hall–Kier alpha value is -2.58. The van der Waals surface area contributed by atoms with Crippen molar-refractivity contribution in [1.82, 2.24) is 24.2 Å². The summed E-state index contributed by atoms with van der Waals surface area (Å²) in [6.07, 6.45) is 3.59. The van der Waals surface area contributed by atoms with Crippen molar-refractivity contribution < 1.29 is 0 Å². The van der Waals surface area contributed by atoms with E-state index in [-0.39, 0.29) is 5.41 Å². The summed E-state index contributed by atoms with van der Waals surface area (Å²) in [5.74, 6) is 0.733. The highest BCUT2D eigenvalue weighted by molar-refractivity contribution is 7.09. The molecule has 8 heteroatoms. The van der Waals surface area contributed by atoms with Crippen LogP contribution in [0.2, 0.25) is 0 Å². The van der Waals surface area contributed by atoms with Gasteiger partial charge in [-0.3, -0.25) is 19.1 Å². The third-order valence-corrected chi connectivity index (χ3v) is 6.54. The molecule has 0 bridgehead atoms. The highest BCUT2D eigenvalue weighted by atomic mass is 32.1. The Balaban J connectivity index is 1.39. The molecule has 2 aliphatic heterocycles. The number of benzene rings is 1. The Morgan fingerprint density at radius 3 is 2.71 bits per heavy atom. The number of likely N-dealkylation sites (tertiary alicyclic amines) is 1. The van der Waals surface area contributed by atoms with E-state index in [1.54, 1.807) is 15.9 Å². The second-order valence-corrected chi connectivity index (χ2v) is 8.80. The van der Waals surface area contributed by atoms with Crippen molar-refractivity contribution in [3.8, 4) is 0 Å². The minimum absolute atomic E-state index is 0.00517. The normalized spacial score (nSPS) is 21.4. The molecule has 4 heterocycles. The Morgan fingerprint density at radius 2 is 1.93 bits per heavy atom. The quantitative estimate of drug-likeness (QED) is 0.624. The molecule has 0 amide bonds. The largest absolute Gasteiger partial charge is 0.332 e. The van der Waals surface area contributed by atoms with Crippen LogP contribution in [0.15, 0.2) is 51.5 Å². The van der Waals surface area contributed by atoms with Crippen LogP contribution in [0.1, 0.15) is 22.8 Å². The molecule has 5 rings (SSSR count). The van der Waals surface area contributed by atoms with E-state index >= 15 is 0 Å². The third kappa shape index (κ3) is 3.12. The molecule has 1 aromatic carbocycles. The second kappa shape index (κ2) is 6.79. The molecule has 1 fully saturated rings. The predicted molar refractivity (Wildman–Crippen MR) is 106 cm³/mol. The van der Waals surface area contributed by atoms with Crippen molar-refractivity contribution in [2.45, 2.75) is 32.5 Å². The predicted octanol–water partition coefficient (Wildman–Crippen LogP) is 1.36. The standard InChI is InChI=1S/C20H21N5O2S/c26-18-19(27)25(11-15-4-2-1-3-5-15)22-16-10-20(14-24(16)18)6-8-23(13-20)12-17-21-7-9-28-17/h1-5,7,9H,6,8,10-14H2/t20-/m0/s1. The summed E-state index contributed by atoms with van der Waals surface area (Å²) in [5.41, 5.74) is -0.0301. The van der Waals surface area contributed by atoms with Crippen LogP contribution in [0.5, 0.6) is 0 Å². The molecular formula is C20H21N5O2S. The average Bonchev–Trinajstić information content (AvgIpc) is 3.42. The number of thiazole rings is 1. The smallest absolute Gasteiger partial charge is 0.296 e. The summed E-state index contributed by atoms with van der Waals surface area (Å²) in [4.78, 5) is 32.0. The zero-order valence-corrected chi connectivity index (χ0v) is 16.3. The molecule has 0 unspecified atom stereocenters. The minimum Gasteiger partial charge on any atom is -0.296 e. The number of rotatable bonds is 4. The Bertz CT molecular complexity index is 1110. The summed E-state index contributed by atoms with van der Waals surface area (Å²) >= 11 is 1.67. The number of aromatic nitrogens is 4. The summed E-state index contributed by atoms with van der Waals surface area (Å²) < 4.78 is 2.93. The Labute approximate surface area is 165 Å². The van der Waals surface area contributed by atoms with Crippen molar-refractivity contribution in [2.75, 3.05) is 13.1 Å². The topological polar surface area (TPSA) is 73.0 Å². The van der Waals surface area contributed by atoms with Crippen LogP contribution in [-0.4, -0.2) is 37.3 Å². The number of fused-ring (bicyclic) bond motifs is 1. The van der Waals surface area contributed by atoms with Crippen molar-refractivity contribution in [2.24, 2.45) is 5.41 Å². The van der Waals surface area contributed by atoms with E-state index in [1.165, 1.54) is 4.68 Å². The molecule has 0 aliphatic carbocycles. The zero-order valence-electron chi connectivity index (χ0n) is 15.5. The van der Waals surface area contributed by atoms with Gasteiger partial charge >= 0.3 is 11.1 Å². The van der Waals surface area contributed by atoms with Gasteiger partial charge in [-0.15, -0.1) is 11.3 Å². The molecule has 3 aromatic rings. The lowest BCUT2D eigenvalue weighted by Gasteiger charge is -2.22. The summed E-state index contributed by atoms with van der Waals surface area (Å²) in [6.45, 7) is 3.65. The van der Waals surface area contributed by atoms with Gasteiger partial charge in [-0.25, -0.2) is 9.67 Å². The van der Waals surface area contributed by atoms with E-state index in [2.05, 4.69) is 15.0 Å². The molecule has 2 aromatic heterocycles. The fraction of sp³-hybridized carbons (Fsp3) is 0.400. The van der Waals surface area contributed by atoms with Gasteiger partial charge in [-0.2, -0.15) is 5.10 Å². The molecule has 7 nitrogen and oxygen atoms in total. The summed E-state index contributed by atoms with van der Waals surface area (Å²) in [6, 6.07) is 9.65. The molecule has 1 saturated heterocycles. The molecule has 1 spiro atoms. The van der Waals surface area contributed by atoms with Crippen LogP contribution in [0.3, 0.4) is 0 Å². The first kappa shape index (κ1) is 17.5. The molecule has 2 aliphatic rings. The highest BCUT2D eigenvalue weighted by Crippen LogP contribution is 2.39. The molecule has 28 heavy (non-hydrogen) atoms. The molecule has 144 valence electrons. The van der Waals surface area contributed by atoms with Crippen LogP contribution >= 0.6 is 11.3 Å². The van der Waals surface area contributed by atoms with Crippen molar-refractivity contribution >= 4 is 11.3 Å². The zero-order chi connectivity index (χ0) is 19.1. The lowest BCUT2D eigenvalue weighted by atomic mass is 9.86. The van der Waals surface area contributed by atoms with Crippen LogP contribution in [0.4, 0.5) is 0 Å². The van der Waals surface area contributed by atoms with E-state index in [1.807, 2.05) is 41.9 Å². The Morgan fingerprint density at radius 1 is 1.07 bits per heavy atom. The average molecular weight is 395 g/mol. The third-order valence-electron chi connectivity index (χ3n) is 5.77.